The zero-order chi connectivity index (χ0) is 12.3. The maximum absolute atomic E-state index is 11.5. The van der Waals surface area contributed by atoms with E-state index in [4.69, 9.17) is 4.42 Å². The molecule has 88 valence electrons. The summed E-state index contributed by atoms with van der Waals surface area (Å²) in [6.07, 6.45) is 3.04. The van der Waals surface area contributed by atoms with E-state index in [-0.39, 0.29) is 11.6 Å². The van der Waals surface area contributed by atoms with Crippen molar-refractivity contribution in [1.29, 1.82) is 0 Å². The van der Waals surface area contributed by atoms with E-state index in [0.717, 1.165) is 11.3 Å². The molecule has 0 aliphatic heterocycles. The van der Waals surface area contributed by atoms with Crippen molar-refractivity contribution in [2.45, 2.75) is 13.8 Å². The predicted molar refractivity (Wildman–Crippen MR) is 62.5 cm³/mol. The van der Waals surface area contributed by atoms with Crippen LogP contribution in [0, 0.1) is 6.92 Å². The fraction of sp³-hybridized carbons (Fsp3) is 0.250. The van der Waals surface area contributed by atoms with Crippen LogP contribution in [0.25, 0.3) is 11.5 Å². The van der Waals surface area contributed by atoms with Crippen LogP contribution in [0.4, 0.5) is 0 Å². The van der Waals surface area contributed by atoms with Crippen molar-refractivity contribution in [3.63, 3.8) is 0 Å². The Bertz CT molecular complexity index is 534. The molecule has 0 bridgehead atoms. The standard InChI is InChI=1S/C12H13N3O2/c1-3-13-11(16)10-7-17-12(15-10)9-4-5-14-8(2)6-9/h4-7H,3H2,1-2H3,(H,13,16). The van der Waals surface area contributed by atoms with Crippen molar-refractivity contribution in [3.8, 4) is 11.5 Å². The zero-order valence-corrected chi connectivity index (χ0v) is 9.73. The number of rotatable bonds is 3. The first-order valence-electron chi connectivity index (χ1n) is 5.37. The molecule has 2 heterocycles. The SMILES string of the molecule is CCNC(=O)c1coc(-c2ccnc(C)c2)n1. The number of carbonyl (C=O) groups is 1. The second-order valence-corrected chi connectivity index (χ2v) is 3.58. The van der Waals surface area contributed by atoms with Gasteiger partial charge in [0.1, 0.15) is 6.26 Å². The summed E-state index contributed by atoms with van der Waals surface area (Å²) in [6, 6.07) is 3.65. The van der Waals surface area contributed by atoms with Gasteiger partial charge in [-0.3, -0.25) is 9.78 Å². The molecule has 0 aliphatic carbocycles. The van der Waals surface area contributed by atoms with Crippen molar-refractivity contribution < 1.29 is 9.21 Å². The second kappa shape index (κ2) is 4.78. The molecule has 0 radical (unpaired) electrons. The summed E-state index contributed by atoms with van der Waals surface area (Å²) in [5.74, 6) is 0.199. The molecule has 17 heavy (non-hydrogen) atoms. The van der Waals surface area contributed by atoms with Crippen molar-refractivity contribution in [1.82, 2.24) is 15.3 Å². The van der Waals surface area contributed by atoms with E-state index in [1.807, 2.05) is 19.9 Å². The molecule has 5 nitrogen and oxygen atoms in total. The summed E-state index contributed by atoms with van der Waals surface area (Å²) in [5, 5.41) is 2.66. The number of aryl methyl sites for hydroxylation is 1. The summed E-state index contributed by atoms with van der Waals surface area (Å²) in [5.41, 5.74) is 1.98. The molecule has 2 aromatic rings. The van der Waals surface area contributed by atoms with Gasteiger partial charge in [-0.2, -0.15) is 0 Å². The van der Waals surface area contributed by atoms with Gasteiger partial charge in [0.15, 0.2) is 5.69 Å². The van der Waals surface area contributed by atoms with E-state index in [2.05, 4.69) is 15.3 Å². The van der Waals surface area contributed by atoms with Crippen LogP contribution in [0.1, 0.15) is 23.1 Å². The van der Waals surface area contributed by atoms with E-state index in [0.29, 0.717) is 12.4 Å². The van der Waals surface area contributed by atoms with Crippen LogP contribution in [0.5, 0.6) is 0 Å². The van der Waals surface area contributed by atoms with Crippen LogP contribution in [-0.4, -0.2) is 22.4 Å². The molecular weight excluding hydrogens is 218 g/mol. The highest BCUT2D eigenvalue weighted by atomic mass is 16.3. The maximum Gasteiger partial charge on any atom is 0.273 e. The van der Waals surface area contributed by atoms with Crippen molar-refractivity contribution in [2.75, 3.05) is 6.54 Å². The Hall–Kier alpha value is -2.17. The number of hydrogen-bond donors (Lipinski definition) is 1. The second-order valence-electron chi connectivity index (χ2n) is 3.58. The summed E-state index contributed by atoms with van der Waals surface area (Å²) >= 11 is 0. The van der Waals surface area contributed by atoms with Crippen molar-refractivity contribution in [2.24, 2.45) is 0 Å². The third kappa shape index (κ3) is 2.50. The van der Waals surface area contributed by atoms with Crippen LogP contribution >= 0.6 is 0 Å². The van der Waals surface area contributed by atoms with Crippen LogP contribution < -0.4 is 5.32 Å². The largest absolute Gasteiger partial charge is 0.444 e. The summed E-state index contributed by atoms with van der Waals surface area (Å²) in [6.45, 7) is 4.30. The van der Waals surface area contributed by atoms with Crippen LogP contribution in [0.3, 0.4) is 0 Å². The van der Waals surface area contributed by atoms with E-state index in [1.54, 1.807) is 12.3 Å². The minimum atomic E-state index is -0.228. The molecule has 0 unspecified atom stereocenters. The lowest BCUT2D eigenvalue weighted by Crippen LogP contribution is -2.22. The van der Waals surface area contributed by atoms with E-state index < -0.39 is 0 Å². The lowest BCUT2D eigenvalue weighted by Gasteiger charge is -1.96. The van der Waals surface area contributed by atoms with Gasteiger partial charge in [0.05, 0.1) is 0 Å². The zero-order valence-electron chi connectivity index (χ0n) is 9.73. The normalized spacial score (nSPS) is 10.2. The van der Waals surface area contributed by atoms with Gasteiger partial charge in [0, 0.05) is 24.0 Å². The Kier molecular flexibility index (Phi) is 3.18. The molecule has 0 aromatic carbocycles. The summed E-state index contributed by atoms with van der Waals surface area (Å²) < 4.78 is 5.27. The molecule has 2 rings (SSSR count). The molecular formula is C12H13N3O2. The molecule has 1 N–H and O–H groups in total. The maximum atomic E-state index is 11.5. The third-order valence-electron chi connectivity index (χ3n) is 2.22. The van der Waals surface area contributed by atoms with E-state index >= 15 is 0 Å². The highest BCUT2D eigenvalue weighted by Crippen LogP contribution is 2.18. The summed E-state index contributed by atoms with van der Waals surface area (Å²) in [4.78, 5) is 19.7. The van der Waals surface area contributed by atoms with E-state index in [1.165, 1.54) is 6.26 Å². The topological polar surface area (TPSA) is 68.0 Å². The average Bonchev–Trinajstić information content (AvgIpc) is 2.78. The van der Waals surface area contributed by atoms with Gasteiger partial charge in [0.2, 0.25) is 5.89 Å². The Morgan fingerprint density at radius 1 is 1.53 bits per heavy atom. The average molecular weight is 231 g/mol. The molecule has 1 amide bonds. The molecule has 0 atom stereocenters. The Labute approximate surface area is 98.9 Å². The smallest absolute Gasteiger partial charge is 0.273 e. The number of hydrogen-bond acceptors (Lipinski definition) is 4. The first kappa shape index (κ1) is 11.3. The monoisotopic (exact) mass is 231 g/mol. The lowest BCUT2D eigenvalue weighted by molar-refractivity contribution is 0.0951. The van der Waals surface area contributed by atoms with Gasteiger partial charge in [-0.25, -0.2) is 4.98 Å². The quantitative estimate of drug-likeness (QED) is 0.874. The molecule has 0 fully saturated rings. The lowest BCUT2D eigenvalue weighted by atomic mass is 10.2. The predicted octanol–water partition coefficient (Wildman–Crippen LogP) is 1.79. The molecule has 2 aromatic heterocycles. The number of nitrogens with zero attached hydrogens (tertiary/aromatic N) is 2. The van der Waals surface area contributed by atoms with Gasteiger partial charge in [0.25, 0.3) is 5.91 Å². The fourth-order valence-electron chi connectivity index (χ4n) is 1.44. The minimum Gasteiger partial charge on any atom is -0.444 e. The highest BCUT2D eigenvalue weighted by Gasteiger charge is 2.12. The third-order valence-corrected chi connectivity index (χ3v) is 2.22. The van der Waals surface area contributed by atoms with Crippen LogP contribution in [-0.2, 0) is 0 Å². The minimum absolute atomic E-state index is 0.228. The Morgan fingerprint density at radius 2 is 2.35 bits per heavy atom. The van der Waals surface area contributed by atoms with E-state index in [9.17, 15) is 4.79 Å². The number of pyridine rings is 1. The first-order chi connectivity index (χ1) is 8.20. The molecule has 0 spiro atoms. The van der Waals surface area contributed by atoms with Crippen molar-refractivity contribution >= 4 is 5.91 Å². The van der Waals surface area contributed by atoms with Crippen LogP contribution in [0.15, 0.2) is 29.0 Å². The van der Waals surface area contributed by atoms with Gasteiger partial charge >= 0.3 is 0 Å². The number of oxazole rings is 1. The molecule has 5 heteroatoms. The Balaban J connectivity index is 2.27. The number of carbonyl (C=O) groups excluding carboxylic acids is 1. The first-order valence-corrected chi connectivity index (χ1v) is 5.37. The van der Waals surface area contributed by atoms with Gasteiger partial charge < -0.3 is 9.73 Å². The summed E-state index contributed by atoms with van der Waals surface area (Å²) in [7, 11) is 0. The molecule has 0 aliphatic rings. The number of amides is 1. The van der Waals surface area contributed by atoms with Gasteiger partial charge in [-0.1, -0.05) is 0 Å². The molecule has 0 saturated heterocycles. The van der Waals surface area contributed by atoms with Crippen LogP contribution in [0.2, 0.25) is 0 Å². The van der Waals surface area contributed by atoms with Gasteiger partial charge in [-0.05, 0) is 26.0 Å². The fourth-order valence-corrected chi connectivity index (χ4v) is 1.44. The Morgan fingerprint density at radius 3 is 3.06 bits per heavy atom. The molecule has 0 saturated carbocycles. The highest BCUT2D eigenvalue weighted by molar-refractivity contribution is 5.92. The van der Waals surface area contributed by atoms with Gasteiger partial charge in [-0.15, -0.1) is 0 Å². The number of nitrogens with one attached hydrogen (secondary N) is 1. The number of aromatic nitrogens is 2. The van der Waals surface area contributed by atoms with Crippen molar-refractivity contribution in [3.05, 3.63) is 36.0 Å².